The molecule has 4 saturated carbocycles. The van der Waals surface area contributed by atoms with Crippen molar-refractivity contribution in [1.82, 2.24) is 0 Å². The molecule has 0 radical (unpaired) electrons. The van der Waals surface area contributed by atoms with E-state index in [1.54, 1.807) is 6.92 Å². The van der Waals surface area contributed by atoms with E-state index in [0.29, 0.717) is 6.42 Å². The van der Waals surface area contributed by atoms with Gasteiger partial charge in [-0.1, -0.05) is 38.2 Å². The van der Waals surface area contributed by atoms with Crippen LogP contribution < -0.4 is 0 Å². The number of rotatable bonds is 6. The summed E-state index contributed by atoms with van der Waals surface area (Å²) in [5, 5.41) is 19.7. The third-order valence-electron chi connectivity index (χ3n) is 10.4. The van der Waals surface area contributed by atoms with E-state index in [1.165, 1.54) is 5.57 Å². The predicted octanol–water partition coefficient (Wildman–Crippen LogP) is 8.16. The largest absolute Gasteiger partial charge is 0.429 e. The molecule has 0 heterocycles. The van der Waals surface area contributed by atoms with E-state index in [-0.39, 0.29) is 41.1 Å². The topological polar surface area (TPSA) is 40.5 Å². The number of aliphatic hydroxyl groups is 2. The number of hydrogen-bond donors (Lipinski definition) is 2. The fraction of sp³-hybridized carbons (Fsp3) is 0.793. The number of aliphatic hydroxyl groups excluding tert-OH is 1. The van der Waals surface area contributed by atoms with Crippen molar-refractivity contribution >= 4 is 0 Å². The van der Waals surface area contributed by atoms with Gasteiger partial charge in [-0.25, -0.2) is 4.39 Å². The molecule has 9 heteroatoms. The van der Waals surface area contributed by atoms with Crippen LogP contribution in [0.15, 0.2) is 35.5 Å². The Hall–Kier alpha value is -1.35. The zero-order valence-corrected chi connectivity index (χ0v) is 22.1. The molecule has 2 nitrogen and oxygen atoms in total. The average molecular weight is 553 g/mol. The quantitative estimate of drug-likeness (QED) is 0.327. The van der Waals surface area contributed by atoms with Crippen LogP contribution in [0.2, 0.25) is 0 Å². The first-order chi connectivity index (χ1) is 17.5. The molecule has 216 valence electrons. The zero-order valence-electron chi connectivity index (χ0n) is 22.1. The van der Waals surface area contributed by atoms with Crippen LogP contribution in [0.3, 0.4) is 0 Å². The summed E-state index contributed by atoms with van der Waals surface area (Å²) >= 11 is 0. The average Bonchev–Trinajstić information content (AvgIpc) is 3.48. The maximum atomic E-state index is 14.4. The third kappa shape index (κ3) is 4.99. The van der Waals surface area contributed by atoms with Crippen molar-refractivity contribution in [1.29, 1.82) is 0 Å². The molecule has 0 saturated heterocycles. The van der Waals surface area contributed by atoms with E-state index < -0.39 is 30.5 Å². The van der Waals surface area contributed by atoms with Crippen LogP contribution >= 0.6 is 0 Å². The standard InChI is InChI=1S/C29H39F7O2/c1-17(6-11-24(30)27(38,28(31,32)33)29(34,35)36)22-9-10-23-19(5-4-12-25(22,23)3)7-8-20-15-21(37)16-26(13-14-26)18(20)2/h7-8,17,21-24,37-38H,2,4-6,9-16H2,1,3H3/b19-7+,20-8-/t17?,21-,22?,23?,24+,25?/m1/s1. The van der Waals surface area contributed by atoms with Gasteiger partial charge in [0.15, 0.2) is 0 Å². The Morgan fingerprint density at radius 3 is 2.24 bits per heavy atom. The molecule has 4 aliphatic carbocycles. The molecular formula is C29H39F7O2. The second-order valence-corrected chi connectivity index (χ2v) is 12.6. The van der Waals surface area contributed by atoms with Gasteiger partial charge in [-0.15, -0.1) is 0 Å². The van der Waals surface area contributed by atoms with E-state index in [0.717, 1.165) is 62.5 Å². The zero-order chi connectivity index (χ0) is 28.3. The van der Waals surface area contributed by atoms with Crippen molar-refractivity contribution < 1.29 is 40.9 Å². The lowest BCUT2D eigenvalue weighted by atomic mass is 9.60. The lowest BCUT2D eigenvalue weighted by Gasteiger charge is -2.44. The number of allylic oxidation sites excluding steroid dienone is 4. The Morgan fingerprint density at radius 1 is 1.03 bits per heavy atom. The second kappa shape index (κ2) is 9.93. The van der Waals surface area contributed by atoms with Crippen molar-refractivity contribution in [3.63, 3.8) is 0 Å². The minimum Gasteiger partial charge on any atom is -0.393 e. The van der Waals surface area contributed by atoms with Crippen LogP contribution in [0.1, 0.15) is 84.5 Å². The Labute approximate surface area is 220 Å². The Kier molecular flexibility index (Phi) is 7.74. The molecule has 0 aromatic rings. The van der Waals surface area contributed by atoms with Crippen LogP contribution in [0.5, 0.6) is 0 Å². The van der Waals surface area contributed by atoms with Gasteiger partial charge in [-0.3, -0.25) is 0 Å². The summed E-state index contributed by atoms with van der Waals surface area (Å²) in [6.45, 7) is 8.22. The highest BCUT2D eigenvalue weighted by Gasteiger charge is 2.74. The smallest absolute Gasteiger partial charge is 0.393 e. The van der Waals surface area contributed by atoms with E-state index in [1.807, 2.05) is 0 Å². The van der Waals surface area contributed by atoms with Crippen molar-refractivity contribution in [2.45, 2.75) is 115 Å². The molecule has 2 N–H and O–H groups in total. The van der Waals surface area contributed by atoms with Crippen LogP contribution in [0.25, 0.3) is 0 Å². The van der Waals surface area contributed by atoms with E-state index in [2.05, 4.69) is 25.7 Å². The highest BCUT2D eigenvalue weighted by molar-refractivity contribution is 5.43. The van der Waals surface area contributed by atoms with Crippen LogP contribution in [0, 0.1) is 28.6 Å². The maximum absolute atomic E-state index is 14.4. The lowest BCUT2D eigenvalue weighted by molar-refractivity contribution is -0.385. The second-order valence-electron chi connectivity index (χ2n) is 12.6. The van der Waals surface area contributed by atoms with Crippen LogP contribution in [0.4, 0.5) is 30.7 Å². The first-order valence-corrected chi connectivity index (χ1v) is 13.7. The molecule has 4 fully saturated rings. The van der Waals surface area contributed by atoms with Gasteiger partial charge < -0.3 is 10.2 Å². The summed E-state index contributed by atoms with van der Waals surface area (Å²) in [5.41, 5.74) is -2.01. The van der Waals surface area contributed by atoms with Gasteiger partial charge in [-0.05, 0) is 110 Å². The first-order valence-electron chi connectivity index (χ1n) is 13.7. The molecule has 0 aromatic carbocycles. The molecule has 0 aromatic heterocycles. The summed E-state index contributed by atoms with van der Waals surface area (Å²) in [4.78, 5) is 0. The highest BCUT2D eigenvalue weighted by atomic mass is 19.4. The summed E-state index contributed by atoms with van der Waals surface area (Å²) < 4.78 is 92.8. The summed E-state index contributed by atoms with van der Waals surface area (Å²) in [5.74, 6) is -0.0301. The van der Waals surface area contributed by atoms with Crippen molar-refractivity contribution in [3.05, 3.63) is 35.5 Å². The van der Waals surface area contributed by atoms with E-state index in [4.69, 9.17) is 0 Å². The van der Waals surface area contributed by atoms with Crippen molar-refractivity contribution in [3.8, 4) is 0 Å². The molecule has 0 bridgehead atoms. The molecule has 6 atom stereocenters. The summed E-state index contributed by atoms with van der Waals surface area (Å²) in [6.07, 6.45) is -5.31. The van der Waals surface area contributed by atoms with Crippen molar-refractivity contribution in [2.24, 2.45) is 28.6 Å². The Morgan fingerprint density at radius 2 is 1.66 bits per heavy atom. The van der Waals surface area contributed by atoms with Crippen LogP contribution in [-0.4, -0.2) is 40.4 Å². The van der Waals surface area contributed by atoms with Crippen LogP contribution in [-0.2, 0) is 0 Å². The lowest BCUT2D eigenvalue weighted by Crippen LogP contribution is -2.63. The molecular weight excluding hydrogens is 513 g/mol. The van der Waals surface area contributed by atoms with E-state index in [9.17, 15) is 40.9 Å². The molecule has 0 amide bonds. The van der Waals surface area contributed by atoms with Gasteiger partial charge in [0, 0.05) is 0 Å². The van der Waals surface area contributed by atoms with Gasteiger partial charge in [0.2, 0.25) is 0 Å². The maximum Gasteiger partial charge on any atom is 0.429 e. The van der Waals surface area contributed by atoms with Gasteiger partial charge >= 0.3 is 12.4 Å². The molecule has 38 heavy (non-hydrogen) atoms. The Bertz CT molecular complexity index is 960. The van der Waals surface area contributed by atoms with Gasteiger partial charge in [0.05, 0.1) is 6.10 Å². The van der Waals surface area contributed by atoms with Gasteiger partial charge in [-0.2, -0.15) is 26.3 Å². The fourth-order valence-corrected chi connectivity index (χ4v) is 7.95. The van der Waals surface area contributed by atoms with Crippen molar-refractivity contribution in [2.75, 3.05) is 0 Å². The molecule has 4 unspecified atom stereocenters. The monoisotopic (exact) mass is 552 g/mol. The van der Waals surface area contributed by atoms with Gasteiger partial charge in [0.1, 0.15) is 6.17 Å². The molecule has 1 spiro atoms. The first kappa shape index (κ1) is 29.6. The summed E-state index contributed by atoms with van der Waals surface area (Å²) in [7, 11) is 0. The number of fused-ring (bicyclic) bond motifs is 1. The molecule has 4 aliphatic rings. The fourth-order valence-electron chi connectivity index (χ4n) is 7.95. The number of halogens is 7. The third-order valence-corrected chi connectivity index (χ3v) is 10.4. The minimum absolute atomic E-state index is 0.0297. The minimum atomic E-state index is -6.16. The van der Waals surface area contributed by atoms with E-state index >= 15 is 0 Å². The molecule has 4 rings (SSSR count). The molecule has 0 aliphatic heterocycles. The SMILES string of the molecule is C=C1/C(=C\C=C2/CCCC3(C)C2CCC3C(C)CC[C@H](F)C(O)(C(F)(F)F)C(F)(F)F)C[C@@H](O)CC12CC2. The Balaban J connectivity index is 1.46. The number of hydrogen-bond acceptors (Lipinski definition) is 2. The predicted molar refractivity (Wildman–Crippen MR) is 131 cm³/mol. The van der Waals surface area contributed by atoms with Gasteiger partial charge in [0.25, 0.3) is 5.60 Å². The number of alkyl halides is 7. The summed E-state index contributed by atoms with van der Waals surface area (Å²) in [6, 6.07) is 0. The highest BCUT2D eigenvalue weighted by Crippen LogP contribution is 2.62. The normalized spacial score (nSPS) is 35.6.